The number of amides is 3. The summed E-state index contributed by atoms with van der Waals surface area (Å²) in [5.41, 5.74) is 1.27. The number of nitrogens with one attached hydrogen (secondary N) is 2. The molecule has 0 radical (unpaired) electrons. The lowest BCUT2D eigenvalue weighted by molar-refractivity contribution is -0.120. The molecule has 0 aromatic heterocycles. The van der Waals surface area contributed by atoms with E-state index < -0.39 is 5.97 Å². The molecule has 0 aliphatic carbocycles. The van der Waals surface area contributed by atoms with Crippen LogP contribution in [0.1, 0.15) is 22.3 Å². The Labute approximate surface area is 122 Å². The van der Waals surface area contributed by atoms with Gasteiger partial charge in [-0.15, -0.1) is 0 Å². The average Bonchev–Trinajstić information content (AvgIpc) is 2.43. The van der Waals surface area contributed by atoms with Crippen LogP contribution in [0.25, 0.3) is 0 Å². The van der Waals surface area contributed by atoms with E-state index in [-0.39, 0.29) is 30.5 Å². The zero-order valence-corrected chi connectivity index (χ0v) is 12.3. The van der Waals surface area contributed by atoms with Gasteiger partial charge in [-0.1, -0.05) is 0 Å². The largest absolute Gasteiger partial charge is 0.478 e. The first-order valence-electron chi connectivity index (χ1n) is 6.41. The number of hydrogen-bond donors (Lipinski definition) is 3. The molecule has 0 spiro atoms. The van der Waals surface area contributed by atoms with Crippen molar-refractivity contribution < 1.29 is 19.5 Å². The van der Waals surface area contributed by atoms with Crippen molar-refractivity contribution in [3.05, 3.63) is 29.3 Å². The van der Waals surface area contributed by atoms with Crippen LogP contribution in [0, 0.1) is 6.92 Å². The number of anilines is 1. The summed E-state index contributed by atoms with van der Waals surface area (Å²) < 4.78 is 0. The molecule has 7 nitrogen and oxygen atoms in total. The van der Waals surface area contributed by atoms with Crippen molar-refractivity contribution >= 4 is 23.6 Å². The van der Waals surface area contributed by atoms with E-state index in [0.29, 0.717) is 11.3 Å². The van der Waals surface area contributed by atoms with Gasteiger partial charge < -0.3 is 20.6 Å². The van der Waals surface area contributed by atoms with Crippen molar-refractivity contribution in [1.29, 1.82) is 0 Å². The molecule has 0 aliphatic rings. The Morgan fingerprint density at radius 2 is 1.95 bits per heavy atom. The molecule has 0 aliphatic heterocycles. The Morgan fingerprint density at radius 1 is 1.29 bits per heavy atom. The number of nitrogens with zero attached hydrogens (tertiary/aromatic N) is 1. The van der Waals surface area contributed by atoms with E-state index in [1.165, 1.54) is 24.1 Å². The topological polar surface area (TPSA) is 98.7 Å². The van der Waals surface area contributed by atoms with Gasteiger partial charge >= 0.3 is 12.0 Å². The molecule has 1 aromatic rings. The summed E-state index contributed by atoms with van der Waals surface area (Å²) in [6.07, 6.45) is 0.220. The number of carbonyl (C=O) groups is 3. The van der Waals surface area contributed by atoms with Crippen LogP contribution < -0.4 is 10.6 Å². The van der Waals surface area contributed by atoms with Gasteiger partial charge in [-0.25, -0.2) is 9.59 Å². The fourth-order valence-corrected chi connectivity index (χ4v) is 1.70. The van der Waals surface area contributed by atoms with Crippen LogP contribution in [0.2, 0.25) is 0 Å². The molecular formula is C14H19N3O4. The molecule has 114 valence electrons. The maximum absolute atomic E-state index is 11.9. The number of rotatable bonds is 5. The molecule has 1 aromatic carbocycles. The number of carbonyl (C=O) groups excluding carboxylic acids is 2. The van der Waals surface area contributed by atoms with Crippen molar-refractivity contribution in [3.8, 4) is 0 Å². The zero-order chi connectivity index (χ0) is 16.0. The van der Waals surface area contributed by atoms with Gasteiger partial charge in [-0.3, -0.25) is 4.79 Å². The lowest BCUT2D eigenvalue weighted by Gasteiger charge is -2.18. The van der Waals surface area contributed by atoms with Crippen LogP contribution in [-0.4, -0.2) is 48.6 Å². The van der Waals surface area contributed by atoms with E-state index in [1.807, 2.05) is 0 Å². The van der Waals surface area contributed by atoms with Gasteiger partial charge in [0.15, 0.2) is 0 Å². The predicted molar refractivity (Wildman–Crippen MR) is 78.5 cm³/mol. The molecule has 0 saturated heterocycles. The highest BCUT2D eigenvalue weighted by molar-refractivity contribution is 5.92. The van der Waals surface area contributed by atoms with E-state index in [9.17, 15) is 14.4 Å². The summed E-state index contributed by atoms with van der Waals surface area (Å²) in [5.74, 6) is -1.15. The maximum atomic E-state index is 11.9. The molecule has 0 unspecified atom stereocenters. The predicted octanol–water partition coefficient (Wildman–Crippen LogP) is 1.29. The lowest BCUT2D eigenvalue weighted by atomic mass is 10.1. The van der Waals surface area contributed by atoms with Gasteiger partial charge in [0.05, 0.1) is 5.56 Å². The fourth-order valence-electron chi connectivity index (χ4n) is 1.70. The van der Waals surface area contributed by atoms with Crippen LogP contribution in [0.5, 0.6) is 0 Å². The summed E-state index contributed by atoms with van der Waals surface area (Å²) in [5, 5.41) is 14.1. The molecule has 0 heterocycles. The molecule has 3 amide bonds. The number of carboxylic acids is 1. The van der Waals surface area contributed by atoms with Gasteiger partial charge in [0, 0.05) is 32.7 Å². The van der Waals surface area contributed by atoms with Crippen LogP contribution >= 0.6 is 0 Å². The number of urea groups is 1. The minimum atomic E-state index is -1.01. The summed E-state index contributed by atoms with van der Waals surface area (Å²) in [6, 6.07) is 4.20. The molecule has 3 N–H and O–H groups in total. The second kappa shape index (κ2) is 7.28. The standard InChI is InChI=1S/C14H19N3O4/c1-9-8-10(4-5-11(9)13(19)20)16-14(21)17(3)7-6-12(18)15-2/h4-5,8H,6-7H2,1-3H3,(H,15,18)(H,16,21)(H,19,20). The van der Waals surface area contributed by atoms with Gasteiger partial charge in [0.25, 0.3) is 0 Å². The first kappa shape index (κ1) is 16.5. The van der Waals surface area contributed by atoms with Gasteiger partial charge in [-0.2, -0.15) is 0 Å². The van der Waals surface area contributed by atoms with Crippen molar-refractivity contribution in [2.24, 2.45) is 0 Å². The molecular weight excluding hydrogens is 274 g/mol. The number of aryl methyl sites for hydroxylation is 1. The van der Waals surface area contributed by atoms with Gasteiger partial charge in [-0.05, 0) is 30.7 Å². The van der Waals surface area contributed by atoms with Crippen molar-refractivity contribution in [3.63, 3.8) is 0 Å². The molecule has 1 rings (SSSR count). The SMILES string of the molecule is CNC(=O)CCN(C)C(=O)Nc1ccc(C(=O)O)c(C)c1. The van der Waals surface area contributed by atoms with E-state index in [1.54, 1.807) is 20.0 Å². The molecule has 0 saturated carbocycles. The summed E-state index contributed by atoms with van der Waals surface area (Å²) >= 11 is 0. The highest BCUT2D eigenvalue weighted by atomic mass is 16.4. The van der Waals surface area contributed by atoms with Gasteiger partial charge in [0.2, 0.25) is 5.91 Å². The Morgan fingerprint density at radius 3 is 2.48 bits per heavy atom. The Kier molecular flexibility index (Phi) is 5.71. The number of carboxylic acid groups (broad SMARTS) is 1. The minimum Gasteiger partial charge on any atom is -0.478 e. The quantitative estimate of drug-likeness (QED) is 0.762. The average molecular weight is 293 g/mol. The van der Waals surface area contributed by atoms with Crippen molar-refractivity contribution in [2.75, 3.05) is 26.0 Å². The third kappa shape index (κ3) is 4.79. The summed E-state index contributed by atoms with van der Waals surface area (Å²) in [6.45, 7) is 1.95. The van der Waals surface area contributed by atoms with Crippen molar-refractivity contribution in [1.82, 2.24) is 10.2 Å². The monoisotopic (exact) mass is 293 g/mol. The highest BCUT2D eigenvalue weighted by Crippen LogP contribution is 2.15. The van der Waals surface area contributed by atoms with Crippen LogP contribution in [0.3, 0.4) is 0 Å². The molecule has 7 heteroatoms. The summed E-state index contributed by atoms with van der Waals surface area (Å²) in [4.78, 5) is 35.3. The van der Waals surface area contributed by atoms with Crippen LogP contribution in [0.4, 0.5) is 10.5 Å². The molecule has 0 fully saturated rings. The summed E-state index contributed by atoms with van der Waals surface area (Å²) in [7, 11) is 3.12. The van der Waals surface area contributed by atoms with Crippen LogP contribution in [-0.2, 0) is 4.79 Å². The molecule has 0 bridgehead atoms. The lowest BCUT2D eigenvalue weighted by Crippen LogP contribution is -2.34. The van der Waals surface area contributed by atoms with E-state index >= 15 is 0 Å². The highest BCUT2D eigenvalue weighted by Gasteiger charge is 2.12. The minimum absolute atomic E-state index is 0.142. The zero-order valence-electron chi connectivity index (χ0n) is 12.3. The Hall–Kier alpha value is -2.57. The Balaban J connectivity index is 2.64. The Bertz CT molecular complexity index is 557. The number of hydrogen-bond acceptors (Lipinski definition) is 3. The molecule has 0 atom stereocenters. The smallest absolute Gasteiger partial charge is 0.335 e. The second-order valence-electron chi connectivity index (χ2n) is 4.61. The first-order valence-corrected chi connectivity index (χ1v) is 6.41. The van der Waals surface area contributed by atoms with E-state index in [0.717, 1.165) is 0 Å². The van der Waals surface area contributed by atoms with E-state index in [2.05, 4.69) is 10.6 Å². The second-order valence-corrected chi connectivity index (χ2v) is 4.61. The third-order valence-electron chi connectivity index (χ3n) is 3.01. The normalized spacial score (nSPS) is 9.86. The number of benzene rings is 1. The maximum Gasteiger partial charge on any atom is 0.335 e. The van der Waals surface area contributed by atoms with Crippen LogP contribution in [0.15, 0.2) is 18.2 Å². The van der Waals surface area contributed by atoms with E-state index in [4.69, 9.17) is 5.11 Å². The van der Waals surface area contributed by atoms with Crippen molar-refractivity contribution in [2.45, 2.75) is 13.3 Å². The first-order chi connectivity index (χ1) is 9.85. The van der Waals surface area contributed by atoms with Gasteiger partial charge in [0.1, 0.15) is 0 Å². The number of aromatic carboxylic acids is 1. The third-order valence-corrected chi connectivity index (χ3v) is 3.01. The molecule has 21 heavy (non-hydrogen) atoms. The fraction of sp³-hybridized carbons (Fsp3) is 0.357.